The predicted molar refractivity (Wildman–Crippen MR) is 43.9 cm³/mol. The van der Waals surface area contributed by atoms with Crippen molar-refractivity contribution >= 4 is 0 Å². The number of rotatable bonds is 1. The van der Waals surface area contributed by atoms with E-state index < -0.39 is 5.67 Å². The van der Waals surface area contributed by atoms with E-state index in [9.17, 15) is 4.39 Å². The van der Waals surface area contributed by atoms with Crippen molar-refractivity contribution in [3.63, 3.8) is 0 Å². The summed E-state index contributed by atoms with van der Waals surface area (Å²) >= 11 is 0. The van der Waals surface area contributed by atoms with Gasteiger partial charge >= 0.3 is 0 Å². The summed E-state index contributed by atoms with van der Waals surface area (Å²) in [5.41, 5.74) is -1.46. The van der Waals surface area contributed by atoms with Gasteiger partial charge in [-0.05, 0) is 26.3 Å². The molecule has 0 spiro atoms. The molecule has 1 aromatic rings. The number of aromatic nitrogens is 2. The van der Waals surface area contributed by atoms with Gasteiger partial charge < -0.3 is 9.84 Å². The third-order valence-electron chi connectivity index (χ3n) is 2.24. The summed E-state index contributed by atoms with van der Waals surface area (Å²) in [4.78, 5) is 3.91. The Morgan fingerprint density at radius 2 is 2.46 bits per heavy atom. The highest BCUT2D eigenvalue weighted by molar-refractivity contribution is 5.01. The van der Waals surface area contributed by atoms with Crippen LogP contribution in [0.3, 0.4) is 0 Å². The average Bonchev–Trinajstić information content (AvgIpc) is 2.54. The molecule has 0 saturated carbocycles. The van der Waals surface area contributed by atoms with Crippen LogP contribution < -0.4 is 5.32 Å². The topological polar surface area (TPSA) is 51.0 Å². The van der Waals surface area contributed by atoms with Crippen LogP contribution in [0.25, 0.3) is 0 Å². The first-order valence-electron chi connectivity index (χ1n) is 4.41. The summed E-state index contributed by atoms with van der Waals surface area (Å²) < 4.78 is 18.9. The monoisotopic (exact) mass is 185 g/mol. The lowest BCUT2D eigenvalue weighted by molar-refractivity contribution is 0.0785. The molecule has 1 atom stereocenters. The van der Waals surface area contributed by atoms with E-state index >= 15 is 0 Å². The predicted octanol–water partition coefficient (Wildman–Crippen LogP) is 0.926. The fraction of sp³-hybridized carbons (Fsp3) is 0.750. The molecule has 0 amide bonds. The summed E-state index contributed by atoms with van der Waals surface area (Å²) in [5, 5.41) is 6.56. The van der Waals surface area contributed by atoms with Crippen LogP contribution in [0.1, 0.15) is 24.6 Å². The molecule has 0 bridgehead atoms. The molecule has 1 N–H and O–H groups in total. The Morgan fingerprint density at radius 3 is 3.00 bits per heavy atom. The quantitative estimate of drug-likeness (QED) is 0.707. The molecule has 1 saturated heterocycles. The van der Waals surface area contributed by atoms with Gasteiger partial charge in [0.15, 0.2) is 5.82 Å². The first-order chi connectivity index (χ1) is 6.21. The number of aryl methyl sites for hydroxylation is 1. The van der Waals surface area contributed by atoms with Crippen LogP contribution in [-0.2, 0) is 5.67 Å². The lowest BCUT2D eigenvalue weighted by Gasteiger charge is -2.26. The largest absolute Gasteiger partial charge is 0.336 e. The summed E-state index contributed by atoms with van der Waals surface area (Å²) in [6.07, 6.45) is 1.26. The molecule has 2 rings (SSSR count). The minimum absolute atomic E-state index is 0.109. The second kappa shape index (κ2) is 3.06. The van der Waals surface area contributed by atoms with Gasteiger partial charge in [-0.1, -0.05) is 5.16 Å². The van der Waals surface area contributed by atoms with Crippen molar-refractivity contribution in [2.45, 2.75) is 25.4 Å². The second-order valence-electron chi connectivity index (χ2n) is 3.39. The Labute approximate surface area is 75.5 Å². The highest BCUT2D eigenvalue weighted by atomic mass is 19.1. The molecule has 72 valence electrons. The van der Waals surface area contributed by atoms with Gasteiger partial charge in [-0.25, -0.2) is 4.39 Å². The van der Waals surface area contributed by atoms with Gasteiger partial charge in [0.05, 0.1) is 0 Å². The van der Waals surface area contributed by atoms with Gasteiger partial charge in [-0.15, -0.1) is 0 Å². The van der Waals surface area contributed by atoms with E-state index in [4.69, 9.17) is 4.52 Å². The Balaban J connectivity index is 2.22. The molecule has 1 aliphatic rings. The molecular weight excluding hydrogens is 173 g/mol. The number of hydrogen-bond donors (Lipinski definition) is 1. The van der Waals surface area contributed by atoms with Gasteiger partial charge in [0, 0.05) is 6.54 Å². The number of nitrogens with zero attached hydrogens (tertiary/aromatic N) is 2. The zero-order valence-corrected chi connectivity index (χ0v) is 7.51. The van der Waals surface area contributed by atoms with Crippen molar-refractivity contribution in [1.29, 1.82) is 0 Å². The second-order valence-corrected chi connectivity index (χ2v) is 3.39. The third-order valence-corrected chi connectivity index (χ3v) is 2.24. The van der Waals surface area contributed by atoms with E-state index in [0.717, 1.165) is 13.0 Å². The molecule has 0 unspecified atom stereocenters. The maximum atomic E-state index is 14.1. The van der Waals surface area contributed by atoms with Crippen LogP contribution in [0.2, 0.25) is 0 Å². The zero-order chi connectivity index (χ0) is 9.31. The number of hydrogen-bond acceptors (Lipinski definition) is 4. The molecule has 2 heterocycles. The smallest absolute Gasteiger partial charge is 0.265 e. The molecule has 4 nitrogen and oxygen atoms in total. The lowest BCUT2D eigenvalue weighted by atomic mass is 9.96. The van der Waals surface area contributed by atoms with Crippen molar-refractivity contribution in [3.05, 3.63) is 11.7 Å². The third kappa shape index (κ3) is 1.56. The highest BCUT2D eigenvalue weighted by Gasteiger charge is 2.39. The van der Waals surface area contributed by atoms with Crippen LogP contribution in [0, 0.1) is 6.92 Å². The summed E-state index contributed by atoms with van der Waals surface area (Å²) in [6.45, 7) is 2.82. The first-order valence-corrected chi connectivity index (χ1v) is 4.41. The molecule has 1 aromatic heterocycles. The van der Waals surface area contributed by atoms with Crippen molar-refractivity contribution in [1.82, 2.24) is 15.5 Å². The average molecular weight is 185 g/mol. The molecular formula is C8H12FN3O. The fourth-order valence-corrected chi connectivity index (χ4v) is 1.53. The van der Waals surface area contributed by atoms with Crippen molar-refractivity contribution in [2.75, 3.05) is 13.1 Å². The molecule has 0 aliphatic carbocycles. The summed E-state index contributed by atoms with van der Waals surface area (Å²) in [7, 11) is 0. The number of nitrogens with one attached hydrogen (secondary N) is 1. The van der Waals surface area contributed by atoms with E-state index in [2.05, 4.69) is 15.5 Å². The van der Waals surface area contributed by atoms with Gasteiger partial charge in [-0.3, -0.25) is 0 Å². The van der Waals surface area contributed by atoms with Crippen LogP contribution >= 0.6 is 0 Å². The van der Waals surface area contributed by atoms with E-state index in [-0.39, 0.29) is 12.4 Å². The SMILES string of the molecule is Cc1noc([C@@]2(F)CCCNC2)n1. The highest BCUT2D eigenvalue weighted by Crippen LogP contribution is 2.31. The van der Waals surface area contributed by atoms with Gasteiger partial charge in [0.2, 0.25) is 5.67 Å². The van der Waals surface area contributed by atoms with Gasteiger partial charge in [-0.2, -0.15) is 4.98 Å². The maximum Gasteiger partial charge on any atom is 0.265 e. The zero-order valence-electron chi connectivity index (χ0n) is 7.51. The van der Waals surface area contributed by atoms with Crippen LogP contribution in [0.5, 0.6) is 0 Å². The molecule has 5 heteroatoms. The van der Waals surface area contributed by atoms with Crippen LogP contribution in [0.15, 0.2) is 4.52 Å². The minimum atomic E-state index is -1.46. The molecule has 1 fully saturated rings. The van der Waals surface area contributed by atoms with Gasteiger partial charge in [0.1, 0.15) is 0 Å². The van der Waals surface area contributed by atoms with Gasteiger partial charge in [0.25, 0.3) is 5.89 Å². The Kier molecular flexibility index (Phi) is 2.03. The summed E-state index contributed by atoms with van der Waals surface area (Å²) in [6, 6.07) is 0. The lowest BCUT2D eigenvalue weighted by Crippen LogP contribution is -2.40. The molecule has 1 aliphatic heterocycles. The van der Waals surface area contributed by atoms with Crippen LogP contribution in [0.4, 0.5) is 4.39 Å². The Bertz CT molecular complexity index is 293. The fourth-order valence-electron chi connectivity index (χ4n) is 1.53. The molecule has 13 heavy (non-hydrogen) atoms. The Hall–Kier alpha value is -0.970. The van der Waals surface area contributed by atoms with E-state index in [1.807, 2.05) is 0 Å². The number of piperidine rings is 1. The maximum absolute atomic E-state index is 14.1. The number of halogens is 1. The van der Waals surface area contributed by atoms with Crippen molar-refractivity contribution in [3.8, 4) is 0 Å². The van der Waals surface area contributed by atoms with E-state index in [1.165, 1.54) is 0 Å². The Morgan fingerprint density at radius 1 is 1.62 bits per heavy atom. The van der Waals surface area contributed by atoms with E-state index in [1.54, 1.807) is 6.92 Å². The van der Waals surface area contributed by atoms with Crippen molar-refractivity contribution in [2.24, 2.45) is 0 Å². The van der Waals surface area contributed by atoms with Crippen molar-refractivity contribution < 1.29 is 8.91 Å². The molecule has 0 aromatic carbocycles. The minimum Gasteiger partial charge on any atom is -0.336 e. The molecule has 0 radical (unpaired) electrons. The number of alkyl halides is 1. The van der Waals surface area contributed by atoms with E-state index in [0.29, 0.717) is 12.2 Å². The summed E-state index contributed by atoms with van der Waals surface area (Å²) in [5.74, 6) is 0.592. The first kappa shape index (κ1) is 8.62. The standard InChI is InChI=1S/C8H12FN3O/c1-6-11-7(13-12-6)8(9)3-2-4-10-5-8/h10H,2-5H2,1H3/t8-/m1/s1. The normalized spacial score (nSPS) is 29.1. The van der Waals surface area contributed by atoms with Crippen LogP contribution in [-0.4, -0.2) is 23.2 Å².